The van der Waals surface area contributed by atoms with E-state index in [4.69, 9.17) is 10.5 Å². The number of carbonyl (C=O) groups is 2. The molecular weight excluding hydrogens is 374 g/mol. The minimum Gasteiger partial charge on any atom is -0.497 e. The molecule has 0 aliphatic carbocycles. The highest BCUT2D eigenvalue weighted by Gasteiger charge is 2.46. The number of nitrogens with two attached hydrogens (primary N) is 1. The van der Waals surface area contributed by atoms with Gasteiger partial charge in [-0.1, -0.05) is 11.8 Å². The van der Waals surface area contributed by atoms with Crippen molar-refractivity contribution in [3.63, 3.8) is 0 Å². The second-order valence-electron chi connectivity index (χ2n) is 6.57. The first-order valence-electron chi connectivity index (χ1n) is 8.64. The second kappa shape index (κ2) is 6.76. The number of nitrogens with one attached hydrogen (secondary N) is 2. The first-order valence-corrected chi connectivity index (χ1v) is 8.64. The average molecular weight is 391 g/mol. The van der Waals surface area contributed by atoms with Gasteiger partial charge in [-0.05, 0) is 30.3 Å². The molecule has 146 valence electrons. The summed E-state index contributed by atoms with van der Waals surface area (Å²) in [5.74, 6) is 5.92. The zero-order valence-corrected chi connectivity index (χ0v) is 15.4. The van der Waals surface area contributed by atoms with Gasteiger partial charge >= 0.3 is 6.03 Å². The van der Waals surface area contributed by atoms with Gasteiger partial charge in [0.2, 0.25) is 5.54 Å². The molecule has 1 atom stereocenters. The summed E-state index contributed by atoms with van der Waals surface area (Å²) in [5, 5.41) is 16.7. The topological polar surface area (TPSA) is 131 Å². The Morgan fingerprint density at radius 2 is 2.14 bits per heavy atom. The lowest BCUT2D eigenvalue weighted by molar-refractivity contribution is -0.122. The predicted octanol–water partition coefficient (Wildman–Crippen LogP) is 0.963. The largest absolute Gasteiger partial charge is 0.497 e. The molecule has 0 spiro atoms. The number of aromatic nitrogens is 2. The molecule has 4 rings (SSSR count). The fourth-order valence-electron chi connectivity index (χ4n) is 3.12. The van der Waals surface area contributed by atoms with E-state index in [1.54, 1.807) is 36.5 Å². The SMILES string of the molecule is COc1ccc2cn(C[C@@]3(C#Cc4ccc(N)nc4)NC(=O)NC3=O)c(O)c2c1. The van der Waals surface area contributed by atoms with Gasteiger partial charge in [0.15, 0.2) is 5.88 Å². The maximum absolute atomic E-state index is 12.6. The minimum atomic E-state index is -1.56. The number of urea groups is 1. The van der Waals surface area contributed by atoms with Crippen molar-refractivity contribution in [2.75, 3.05) is 12.8 Å². The summed E-state index contributed by atoms with van der Waals surface area (Å²) in [5.41, 5.74) is 4.53. The number of fused-ring (bicyclic) bond motifs is 1. The highest BCUT2D eigenvalue weighted by molar-refractivity contribution is 6.09. The van der Waals surface area contributed by atoms with Crippen LogP contribution in [0.1, 0.15) is 5.56 Å². The van der Waals surface area contributed by atoms with Crippen LogP contribution in [0.15, 0.2) is 42.7 Å². The lowest BCUT2D eigenvalue weighted by Gasteiger charge is -2.20. The van der Waals surface area contributed by atoms with Gasteiger partial charge in [0.05, 0.1) is 13.7 Å². The van der Waals surface area contributed by atoms with Crippen LogP contribution >= 0.6 is 0 Å². The van der Waals surface area contributed by atoms with Crippen molar-refractivity contribution < 1.29 is 19.4 Å². The minimum absolute atomic E-state index is 0.0665. The molecule has 0 bridgehead atoms. The van der Waals surface area contributed by atoms with Crippen LogP contribution in [0.25, 0.3) is 10.8 Å². The predicted molar refractivity (Wildman–Crippen MR) is 105 cm³/mol. The zero-order chi connectivity index (χ0) is 20.6. The summed E-state index contributed by atoms with van der Waals surface area (Å²) in [7, 11) is 1.53. The number of hydrogen-bond donors (Lipinski definition) is 4. The Morgan fingerprint density at radius 3 is 2.79 bits per heavy atom. The first kappa shape index (κ1) is 18.2. The van der Waals surface area contributed by atoms with Crippen LogP contribution in [0.2, 0.25) is 0 Å². The van der Waals surface area contributed by atoms with Crippen molar-refractivity contribution >= 4 is 28.5 Å². The second-order valence-corrected chi connectivity index (χ2v) is 6.57. The Morgan fingerprint density at radius 1 is 1.31 bits per heavy atom. The van der Waals surface area contributed by atoms with Crippen molar-refractivity contribution in [2.24, 2.45) is 0 Å². The molecule has 3 aromatic rings. The van der Waals surface area contributed by atoms with E-state index < -0.39 is 17.5 Å². The number of pyridine rings is 1. The summed E-state index contributed by atoms with van der Waals surface area (Å²) in [4.78, 5) is 28.3. The highest BCUT2D eigenvalue weighted by Crippen LogP contribution is 2.31. The smallest absolute Gasteiger partial charge is 0.323 e. The molecule has 3 amide bonds. The number of ether oxygens (including phenoxy) is 1. The van der Waals surface area contributed by atoms with Crippen LogP contribution in [0, 0.1) is 11.8 Å². The third kappa shape index (κ3) is 3.27. The molecule has 3 heterocycles. The van der Waals surface area contributed by atoms with E-state index >= 15 is 0 Å². The van der Waals surface area contributed by atoms with Crippen LogP contribution in [-0.2, 0) is 11.3 Å². The lowest BCUT2D eigenvalue weighted by Crippen LogP contribution is -2.49. The molecule has 1 saturated heterocycles. The molecule has 9 nitrogen and oxygen atoms in total. The quantitative estimate of drug-likeness (QED) is 0.389. The number of benzene rings is 1. The number of carbonyl (C=O) groups excluding carboxylic acids is 2. The van der Waals surface area contributed by atoms with E-state index in [9.17, 15) is 14.7 Å². The summed E-state index contributed by atoms with van der Waals surface area (Å²) >= 11 is 0. The number of anilines is 1. The van der Waals surface area contributed by atoms with Gasteiger partial charge in [-0.15, -0.1) is 0 Å². The number of methoxy groups -OCH3 is 1. The van der Waals surface area contributed by atoms with Crippen molar-refractivity contribution in [1.82, 2.24) is 20.2 Å². The van der Waals surface area contributed by atoms with Crippen LogP contribution in [0.3, 0.4) is 0 Å². The summed E-state index contributed by atoms with van der Waals surface area (Å²) in [6.45, 7) is -0.0944. The molecule has 0 saturated carbocycles. The fourth-order valence-corrected chi connectivity index (χ4v) is 3.12. The number of imide groups is 1. The molecular formula is C20H17N5O4. The number of rotatable bonds is 3. The molecule has 0 radical (unpaired) electrons. The van der Waals surface area contributed by atoms with Crippen molar-refractivity contribution in [2.45, 2.75) is 12.1 Å². The van der Waals surface area contributed by atoms with Gasteiger partial charge in [0, 0.05) is 28.7 Å². The lowest BCUT2D eigenvalue weighted by atomic mass is 10.00. The fraction of sp³-hybridized carbons (Fsp3) is 0.150. The molecule has 1 fully saturated rings. The van der Waals surface area contributed by atoms with E-state index in [0.717, 1.165) is 5.39 Å². The van der Waals surface area contributed by atoms with Gasteiger partial charge < -0.3 is 25.5 Å². The van der Waals surface area contributed by atoms with Gasteiger partial charge in [0.1, 0.15) is 11.6 Å². The summed E-state index contributed by atoms with van der Waals surface area (Å²) < 4.78 is 6.65. The number of amides is 3. The van der Waals surface area contributed by atoms with Gasteiger partial charge in [-0.25, -0.2) is 9.78 Å². The molecule has 5 N–H and O–H groups in total. The van der Waals surface area contributed by atoms with Crippen molar-refractivity contribution in [3.8, 4) is 23.5 Å². The standard InChI is InChI=1S/C20H17N5O4/c1-29-14-4-3-13-10-25(17(26)15(13)8-14)11-20(18(27)23-19(28)24-20)7-6-12-2-5-16(21)22-9-12/h2-5,8-10,26H,11H2,1H3,(H2,21,22)(H2,23,24,27,28)/t20-/m1/s1. The maximum Gasteiger partial charge on any atom is 0.323 e. The van der Waals surface area contributed by atoms with Crippen LogP contribution in [0.5, 0.6) is 11.6 Å². The number of aromatic hydroxyl groups is 1. The Bertz CT molecular complexity index is 1190. The van der Waals surface area contributed by atoms with Crippen LogP contribution < -0.4 is 21.1 Å². The van der Waals surface area contributed by atoms with E-state index in [0.29, 0.717) is 22.5 Å². The number of hydrogen-bond acceptors (Lipinski definition) is 6. The van der Waals surface area contributed by atoms with Gasteiger partial charge in [-0.2, -0.15) is 0 Å². The zero-order valence-electron chi connectivity index (χ0n) is 15.4. The Kier molecular flexibility index (Phi) is 4.24. The number of nitrogen functional groups attached to an aromatic ring is 1. The van der Waals surface area contributed by atoms with E-state index in [1.165, 1.54) is 17.9 Å². The van der Waals surface area contributed by atoms with Crippen molar-refractivity contribution in [1.29, 1.82) is 0 Å². The van der Waals surface area contributed by atoms with Crippen molar-refractivity contribution in [3.05, 3.63) is 48.3 Å². The molecule has 2 aromatic heterocycles. The Balaban J connectivity index is 1.75. The maximum atomic E-state index is 12.6. The third-order valence-electron chi connectivity index (χ3n) is 4.62. The van der Waals surface area contributed by atoms with E-state index in [2.05, 4.69) is 27.5 Å². The molecule has 29 heavy (non-hydrogen) atoms. The summed E-state index contributed by atoms with van der Waals surface area (Å²) in [6, 6.07) is 7.83. The normalized spacial score (nSPS) is 18.1. The monoisotopic (exact) mass is 391 g/mol. The van der Waals surface area contributed by atoms with Gasteiger partial charge in [0.25, 0.3) is 5.91 Å². The van der Waals surface area contributed by atoms with Crippen LogP contribution in [-0.4, -0.2) is 39.2 Å². The molecule has 0 unspecified atom stereocenters. The van der Waals surface area contributed by atoms with Crippen LogP contribution in [0.4, 0.5) is 10.6 Å². The molecule has 9 heteroatoms. The molecule has 1 aliphatic heterocycles. The summed E-state index contributed by atoms with van der Waals surface area (Å²) in [6.07, 6.45) is 3.15. The molecule has 1 aromatic carbocycles. The number of nitrogens with zero attached hydrogens (tertiary/aromatic N) is 2. The average Bonchev–Trinajstić information content (AvgIpc) is 3.16. The molecule has 1 aliphatic rings. The Labute approximate surface area is 165 Å². The first-order chi connectivity index (χ1) is 13.9. The van der Waals surface area contributed by atoms with E-state index in [-0.39, 0.29) is 12.4 Å². The third-order valence-corrected chi connectivity index (χ3v) is 4.62. The van der Waals surface area contributed by atoms with E-state index in [1.807, 2.05) is 0 Å². The highest BCUT2D eigenvalue weighted by atomic mass is 16.5. The van der Waals surface area contributed by atoms with Gasteiger partial charge in [-0.3, -0.25) is 10.1 Å². The Hall–Kier alpha value is -4.19.